The number of hydrogen-bond donors (Lipinski definition) is 1. The summed E-state index contributed by atoms with van der Waals surface area (Å²) >= 11 is 0. The molecule has 0 aromatic carbocycles. The zero-order valence-electron chi connectivity index (χ0n) is 12.3. The molecule has 0 bridgehead atoms. The van der Waals surface area contributed by atoms with Gasteiger partial charge in [-0.2, -0.15) is 0 Å². The van der Waals surface area contributed by atoms with Gasteiger partial charge in [-0.15, -0.1) is 0 Å². The first-order valence-electron chi connectivity index (χ1n) is 7.25. The van der Waals surface area contributed by atoms with Gasteiger partial charge in [0.2, 0.25) is 0 Å². The second kappa shape index (κ2) is 6.09. The van der Waals surface area contributed by atoms with Crippen molar-refractivity contribution >= 4 is 6.09 Å². The van der Waals surface area contributed by atoms with Gasteiger partial charge in [-0.1, -0.05) is 0 Å². The molecule has 2 aliphatic rings. The molecule has 1 unspecified atom stereocenters. The van der Waals surface area contributed by atoms with Gasteiger partial charge in [0, 0.05) is 25.7 Å². The zero-order valence-corrected chi connectivity index (χ0v) is 12.3. The van der Waals surface area contributed by atoms with Crippen molar-refractivity contribution in [3.05, 3.63) is 0 Å². The Labute approximate surface area is 115 Å². The smallest absolute Gasteiger partial charge is 0.410 e. The maximum atomic E-state index is 12.0. The number of rotatable bonds is 1. The van der Waals surface area contributed by atoms with Crippen LogP contribution in [0.5, 0.6) is 0 Å². The SMILES string of the molecule is CC(C)(C)OC(=O)N1CCC(C2COCCN2)CC1. The van der Waals surface area contributed by atoms with Crippen LogP contribution in [0, 0.1) is 5.92 Å². The van der Waals surface area contributed by atoms with Crippen LogP contribution in [-0.4, -0.2) is 55.5 Å². The van der Waals surface area contributed by atoms with E-state index < -0.39 is 5.60 Å². The maximum Gasteiger partial charge on any atom is 0.410 e. The van der Waals surface area contributed by atoms with Crippen molar-refractivity contribution in [1.82, 2.24) is 10.2 Å². The lowest BCUT2D eigenvalue weighted by Gasteiger charge is -2.38. The highest BCUT2D eigenvalue weighted by atomic mass is 16.6. The highest BCUT2D eigenvalue weighted by molar-refractivity contribution is 5.68. The molecule has 0 spiro atoms. The standard InChI is InChI=1S/C14H26N2O3/c1-14(2,3)19-13(17)16-7-4-11(5-8-16)12-10-18-9-6-15-12/h11-12,15H,4-10H2,1-3H3. The highest BCUT2D eigenvalue weighted by Crippen LogP contribution is 2.23. The summed E-state index contributed by atoms with van der Waals surface area (Å²) in [6.07, 6.45) is 1.87. The Hall–Kier alpha value is -0.810. The van der Waals surface area contributed by atoms with Gasteiger partial charge in [-0.3, -0.25) is 0 Å². The zero-order chi connectivity index (χ0) is 13.9. The maximum absolute atomic E-state index is 12.0. The number of likely N-dealkylation sites (tertiary alicyclic amines) is 1. The summed E-state index contributed by atoms with van der Waals surface area (Å²) in [4.78, 5) is 13.8. The van der Waals surface area contributed by atoms with E-state index in [0.29, 0.717) is 12.0 Å². The van der Waals surface area contributed by atoms with Crippen LogP contribution in [0.4, 0.5) is 4.79 Å². The van der Waals surface area contributed by atoms with Gasteiger partial charge in [-0.05, 0) is 39.5 Å². The number of nitrogens with zero attached hydrogens (tertiary/aromatic N) is 1. The summed E-state index contributed by atoms with van der Waals surface area (Å²) in [6.45, 7) is 9.85. The predicted octanol–water partition coefficient (Wildman–Crippen LogP) is 1.62. The molecular formula is C14H26N2O3. The van der Waals surface area contributed by atoms with Crippen LogP contribution < -0.4 is 5.32 Å². The largest absolute Gasteiger partial charge is 0.444 e. The van der Waals surface area contributed by atoms with Crippen LogP contribution in [0.25, 0.3) is 0 Å². The van der Waals surface area contributed by atoms with E-state index in [0.717, 1.165) is 45.7 Å². The normalized spacial score (nSPS) is 26.3. The summed E-state index contributed by atoms with van der Waals surface area (Å²) in [5.74, 6) is 0.610. The number of piperidine rings is 1. The molecule has 19 heavy (non-hydrogen) atoms. The number of morpholine rings is 1. The third kappa shape index (κ3) is 4.35. The molecule has 2 saturated heterocycles. The molecule has 110 valence electrons. The van der Waals surface area contributed by atoms with E-state index in [4.69, 9.17) is 9.47 Å². The summed E-state index contributed by atoms with van der Waals surface area (Å²) in [5, 5.41) is 3.51. The van der Waals surface area contributed by atoms with Crippen LogP contribution in [0.15, 0.2) is 0 Å². The molecule has 2 rings (SSSR count). The third-order valence-corrected chi connectivity index (χ3v) is 3.71. The second-order valence-electron chi connectivity index (χ2n) is 6.44. The second-order valence-corrected chi connectivity index (χ2v) is 6.44. The first kappa shape index (κ1) is 14.6. The highest BCUT2D eigenvalue weighted by Gasteiger charge is 2.31. The van der Waals surface area contributed by atoms with Gasteiger partial charge in [0.05, 0.1) is 13.2 Å². The van der Waals surface area contributed by atoms with Gasteiger partial charge in [0.1, 0.15) is 5.60 Å². The number of amides is 1. The van der Waals surface area contributed by atoms with Crippen molar-refractivity contribution in [3.63, 3.8) is 0 Å². The van der Waals surface area contributed by atoms with E-state index in [-0.39, 0.29) is 6.09 Å². The summed E-state index contributed by atoms with van der Waals surface area (Å²) < 4.78 is 10.9. The molecule has 2 fully saturated rings. The average Bonchev–Trinajstić information content (AvgIpc) is 2.38. The van der Waals surface area contributed by atoms with Crippen LogP contribution >= 0.6 is 0 Å². The molecule has 5 nitrogen and oxygen atoms in total. The van der Waals surface area contributed by atoms with Gasteiger partial charge in [0.15, 0.2) is 0 Å². The molecule has 2 heterocycles. The molecule has 0 radical (unpaired) electrons. The third-order valence-electron chi connectivity index (χ3n) is 3.71. The lowest BCUT2D eigenvalue weighted by Crippen LogP contribution is -2.50. The minimum Gasteiger partial charge on any atom is -0.444 e. The van der Waals surface area contributed by atoms with Crippen molar-refractivity contribution in [2.45, 2.75) is 45.3 Å². The number of carbonyl (C=O) groups excluding carboxylic acids is 1. The fourth-order valence-corrected chi connectivity index (χ4v) is 2.70. The number of hydrogen-bond acceptors (Lipinski definition) is 4. The number of nitrogens with one attached hydrogen (secondary N) is 1. The van der Waals surface area contributed by atoms with Gasteiger partial charge in [-0.25, -0.2) is 4.79 Å². The quantitative estimate of drug-likeness (QED) is 0.786. The Morgan fingerprint density at radius 3 is 2.53 bits per heavy atom. The molecule has 0 saturated carbocycles. The fourth-order valence-electron chi connectivity index (χ4n) is 2.70. The van der Waals surface area contributed by atoms with E-state index in [1.165, 1.54) is 0 Å². The van der Waals surface area contributed by atoms with Crippen molar-refractivity contribution in [2.75, 3.05) is 32.8 Å². The van der Waals surface area contributed by atoms with Crippen LogP contribution in [0.3, 0.4) is 0 Å². The Morgan fingerprint density at radius 2 is 2.00 bits per heavy atom. The Morgan fingerprint density at radius 1 is 1.32 bits per heavy atom. The van der Waals surface area contributed by atoms with E-state index in [9.17, 15) is 4.79 Å². The molecule has 2 aliphatic heterocycles. The molecule has 0 aliphatic carbocycles. The Balaban J connectivity index is 1.77. The molecule has 0 aromatic heterocycles. The Bertz CT molecular complexity index is 300. The van der Waals surface area contributed by atoms with Crippen LogP contribution in [0.2, 0.25) is 0 Å². The van der Waals surface area contributed by atoms with Crippen molar-refractivity contribution in [1.29, 1.82) is 0 Å². The minimum absolute atomic E-state index is 0.182. The van der Waals surface area contributed by atoms with E-state index in [2.05, 4.69) is 5.32 Å². The first-order valence-corrected chi connectivity index (χ1v) is 7.25. The Kier molecular flexibility index (Phi) is 4.68. The summed E-state index contributed by atoms with van der Waals surface area (Å²) in [7, 11) is 0. The van der Waals surface area contributed by atoms with E-state index in [1.807, 2.05) is 25.7 Å². The van der Waals surface area contributed by atoms with E-state index >= 15 is 0 Å². The summed E-state index contributed by atoms with van der Waals surface area (Å²) in [6, 6.07) is 0.453. The van der Waals surface area contributed by atoms with E-state index in [1.54, 1.807) is 0 Å². The predicted molar refractivity (Wildman–Crippen MR) is 73.1 cm³/mol. The summed E-state index contributed by atoms with van der Waals surface area (Å²) in [5.41, 5.74) is -0.410. The van der Waals surface area contributed by atoms with Crippen molar-refractivity contribution < 1.29 is 14.3 Å². The topological polar surface area (TPSA) is 50.8 Å². The van der Waals surface area contributed by atoms with Crippen LogP contribution in [-0.2, 0) is 9.47 Å². The average molecular weight is 270 g/mol. The molecule has 0 aromatic rings. The molecular weight excluding hydrogens is 244 g/mol. The van der Waals surface area contributed by atoms with Crippen molar-refractivity contribution in [2.24, 2.45) is 5.92 Å². The van der Waals surface area contributed by atoms with Gasteiger partial charge >= 0.3 is 6.09 Å². The lowest BCUT2D eigenvalue weighted by atomic mass is 9.89. The number of carbonyl (C=O) groups is 1. The molecule has 1 atom stereocenters. The molecule has 1 N–H and O–H groups in total. The first-order chi connectivity index (χ1) is 8.96. The monoisotopic (exact) mass is 270 g/mol. The molecule has 1 amide bonds. The van der Waals surface area contributed by atoms with Gasteiger partial charge < -0.3 is 19.7 Å². The fraction of sp³-hybridized carbons (Fsp3) is 0.929. The van der Waals surface area contributed by atoms with Crippen LogP contribution in [0.1, 0.15) is 33.6 Å². The molecule has 5 heteroatoms. The lowest BCUT2D eigenvalue weighted by molar-refractivity contribution is 0.00913. The van der Waals surface area contributed by atoms with Crippen molar-refractivity contribution in [3.8, 4) is 0 Å². The number of ether oxygens (including phenoxy) is 2. The van der Waals surface area contributed by atoms with Gasteiger partial charge in [0.25, 0.3) is 0 Å². The minimum atomic E-state index is -0.410.